The Morgan fingerprint density at radius 2 is 1.90 bits per heavy atom. The zero-order valence-electron chi connectivity index (χ0n) is 11.5. The minimum Gasteiger partial charge on any atom is -0.372 e. The largest absolute Gasteiger partial charge is 0.372 e. The molecule has 1 heterocycles. The van der Waals surface area contributed by atoms with Crippen molar-refractivity contribution in [3.63, 3.8) is 0 Å². The van der Waals surface area contributed by atoms with Gasteiger partial charge in [0.05, 0.1) is 6.07 Å². The molecule has 21 heavy (non-hydrogen) atoms. The van der Waals surface area contributed by atoms with Crippen LogP contribution in [-0.4, -0.2) is 10.1 Å². The molecular formula is C18H14N2O. The van der Waals surface area contributed by atoms with Gasteiger partial charge in [0.1, 0.15) is 5.41 Å². The first-order valence-corrected chi connectivity index (χ1v) is 6.83. The van der Waals surface area contributed by atoms with E-state index < -0.39 is 11.0 Å². The van der Waals surface area contributed by atoms with Gasteiger partial charge >= 0.3 is 0 Å². The second kappa shape index (κ2) is 5.05. The summed E-state index contributed by atoms with van der Waals surface area (Å²) in [6.07, 6.45) is 4.64. The van der Waals surface area contributed by atoms with E-state index >= 15 is 0 Å². The zero-order valence-corrected chi connectivity index (χ0v) is 11.5. The highest BCUT2D eigenvalue weighted by Crippen LogP contribution is 2.57. The molecule has 0 radical (unpaired) electrons. The van der Waals surface area contributed by atoms with E-state index in [0.29, 0.717) is 18.4 Å². The average Bonchev–Trinajstić information content (AvgIpc) is 3.36. The maximum absolute atomic E-state index is 11.1. The number of pyridine rings is 1. The van der Waals surface area contributed by atoms with Crippen LogP contribution in [-0.2, 0) is 5.60 Å². The minimum atomic E-state index is -1.45. The fourth-order valence-electron chi connectivity index (χ4n) is 2.43. The molecule has 0 amide bonds. The molecule has 1 atom stereocenters. The Hall–Kier alpha value is -2.62. The summed E-state index contributed by atoms with van der Waals surface area (Å²) in [5, 5.41) is 20.6. The lowest BCUT2D eigenvalue weighted by molar-refractivity contribution is 0.0456. The molecule has 1 fully saturated rings. The number of hydrogen-bond donors (Lipinski definition) is 1. The van der Waals surface area contributed by atoms with Gasteiger partial charge in [0.25, 0.3) is 0 Å². The first-order chi connectivity index (χ1) is 10.2. The number of aliphatic hydroxyl groups is 1. The van der Waals surface area contributed by atoms with E-state index in [1.165, 1.54) is 0 Å². The van der Waals surface area contributed by atoms with Crippen molar-refractivity contribution in [1.82, 2.24) is 4.98 Å². The molecule has 0 bridgehead atoms. The van der Waals surface area contributed by atoms with Gasteiger partial charge in [0.2, 0.25) is 0 Å². The predicted molar refractivity (Wildman–Crippen MR) is 78.7 cm³/mol. The van der Waals surface area contributed by atoms with Gasteiger partial charge in [-0.1, -0.05) is 42.2 Å². The van der Waals surface area contributed by atoms with E-state index in [-0.39, 0.29) is 0 Å². The summed E-state index contributed by atoms with van der Waals surface area (Å²) >= 11 is 0. The molecule has 0 spiro atoms. The molecule has 1 aromatic carbocycles. The zero-order chi connectivity index (χ0) is 14.8. The van der Waals surface area contributed by atoms with E-state index in [9.17, 15) is 10.4 Å². The molecule has 3 heteroatoms. The molecule has 0 saturated heterocycles. The molecule has 0 unspecified atom stereocenters. The third-order valence-corrected chi connectivity index (χ3v) is 3.90. The first-order valence-electron chi connectivity index (χ1n) is 6.83. The maximum atomic E-state index is 11.1. The standard InChI is InChI=1S/C18H14N2O/c19-14-17(10-11-17)18(21,16-6-2-1-3-7-16)9-8-15-5-4-12-20-13-15/h1-7,12-13,21H,10-11H2/t18-/m1/s1. The van der Waals surface area contributed by atoms with Crippen LogP contribution in [0, 0.1) is 28.6 Å². The van der Waals surface area contributed by atoms with Crippen LogP contribution in [0.3, 0.4) is 0 Å². The van der Waals surface area contributed by atoms with E-state index in [0.717, 1.165) is 5.56 Å². The predicted octanol–water partition coefficient (Wildman–Crippen LogP) is 2.62. The third kappa shape index (κ3) is 2.29. The molecule has 0 aliphatic heterocycles. The highest BCUT2D eigenvalue weighted by Gasteiger charge is 2.60. The Labute approximate surface area is 123 Å². The smallest absolute Gasteiger partial charge is 0.169 e. The molecular weight excluding hydrogens is 260 g/mol. The number of hydrogen-bond acceptors (Lipinski definition) is 3. The van der Waals surface area contributed by atoms with Gasteiger partial charge in [0, 0.05) is 18.0 Å². The van der Waals surface area contributed by atoms with Crippen LogP contribution < -0.4 is 0 Å². The molecule has 102 valence electrons. The van der Waals surface area contributed by atoms with Crippen LogP contribution in [0.4, 0.5) is 0 Å². The van der Waals surface area contributed by atoms with E-state index in [2.05, 4.69) is 22.9 Å². The number of aromatic nitrogens is 1. The second-order valence-corrected chi connectivity index (χ2v) is 5.26. The van der Waals surface area contributed by atoms with Crippen molar-refractivity contribution in [1.29, 1.82) is 5.26 Å². The quantitative estimate of drug-likeness (QED) is 0.856. The number of benzene rings is 1. The summed E-state index contributed by atoms with van der Waals surface area (Å²) in [5.41, 5.74) is -0.858. The molecule has 1 aliphatic rings. The fraction of sp³-hybridized carbons (Fsp3) is 0.222. The van der Waals surface area contributed by atoms with Crippen molar-refractivity contribution in [3.8, 4) is 17.9 Å². The molecule has 3 nitrogen and oxygen atoms in total. The van der Waals surface area contributed by atoms with Crippen molar-refractivity contribution in [2.75, 3.05) is 0 Å². The Morgan fingerprint density at radius 1 is 1.14 bits per heavy atom. The van der Waals surface area contributed by atoms with Crippen LogP contribution in [0.25, 0.3) is 0 Å². The topological polar surface area (TPSA) is 56.9 Å². The number of nitriles is 1. The van der Waals surface area contributed by atoms with E-state index in [1.807, 2.05) is 36.4 Å². The van der Waals surface area contributed by atoms with Gasteiger partial charge in [-0.25, -0.2) is 0 Å². The lowest BCUT2D eigenvalue weighted by Gasteiger charge is -2.27. The van der Waals surface area contributed by atoms with Gasteiger partial charge < -0.3 is 5.11 Å². The van der Waals surface area contributed by atoms with Crippen molar-refractivity contribution >= 4 is 0 Å². The van der Waals surface area contributed by atoms with Crippen molar-refractivity contribution in [3.05, 3.63) is 66.0 Å². The van der Waals surface area contributed by atoms with Crippen LogP contribution in [0.15, 0.2) is 54.9 Å². The van der Waals surface area contributed by atoms with Gasteiger partial charge in [-0.05, 0) is 30.5 Å². The Bertz CT molecular complexity index is 734. The lowest BCUT2D eigenvalue weighted by atomic mass is 9.79. The molecule has 1 N–H and O–H groups in total. The van der Waals surface area contributed by atoms with Gasteiger partial charge in [-0.2, -0.15) is 5.26 Å². The summed E-state index contributed by atoms with van der Waals surface area (Å²) < 4.78 is 0. The van der Waals surface area contributed by atoms with Crippen LogP contribution in [0.2, 0.25) is 0 Å². The second-order valence-electron chi connectivity index (χ2n) is 5.26. The summed E-state index contributed by atoms with van der Waals surface area (Å²) in [4.78, 5) is 4.01. The highest BCUT2D eigenvalue weighted by molar-refractivity contribution is 5.44. The number of rotatable bonds is 2. The lowest BCUT2D eigenvalue weighted by Crippen LogP contribution is -2.34. The summed E-state index contributed by atoms with van der Waals surface area (Å²) in [6, 6.07) is 15.1. The maximum Gasteiger partial charge on any atom is 0.169 e. The molecule has 3 rings (SSSR count). The third-order valence-electron chi connectivity index (χ3n) is 3.90. The highest BCUT2D eigenvalue weighted by atomic mass is 16.3. The first kappa shape index (κ1) is 13.4. The fourth-order valence-corrected chi connectivity index (χ4v) is 2.43. The Morgan fingerprint density at radius 3 is 2.48 bits per heavy atom. The van der Waals surface area contributed by atoms with E-state index in [1.54, 1.807) is 18.5 Å². The summed E-state index contributed by atoms with van der Waals surface area (Å²) in [6.45, 7) is 0. The SMILES string of the molecule is N#CC1([C@@](O)(C#Cc2cccnc2)c2ccccc2)CC1. The van der Waals surface area contributed by atoms with Crippen molar-refractivity contribution in [2.45, 2.75) is 18.4 Å². The van der Waals surface area contributed by atoms with Gasteiger partial charge in [-0.3, -0.25) is 4.98 Å². The minimum absolute atomic E-state index is 0.663. The summed E-state index contributed by atoms with van der Waals surface area (Å²) in [5.74, 6) is 5.88. The Balaban J connectivity index is 2.07. The molecule has 1 saturated carbocycles. The summed E-state index contributed by atoms with van der Waals surface area (Å²) in [7, 11) is 0. The van der Waals surface area contributed by atoms with Crippen LogP contribution >= 0.6 is 0 Å². The monoisotopic (exact) mass is 274 g/mol. The Kier molecular flexibility index (Phi) is 3.22. The number of nitrogens with zero attached hydrogens (tertiary/aromatic N) is 2. The van der Waals surface area contributed by atoms with E-state index in [4.69, 9.17) is 0 Å². The van der Waals surface area contributed by atoms with Crippen LogP contribution in [0.5, 0.6) is 0 Å². The normalized spacial score (nSPS) is 17.7. The molecule has 1 aromatic heterocycles. The molecule has 2 aromatic rings. The average molecular weight is 274 g/mol. The van der Waals surface area contributed by atoms with Gasteiger partial charge in [-0.15, -0.1) is 0 Å². The van der Waals surface area contributed by atoms with Gasteiger partial charge in [0.15, 0.2) is 5.60 Å². The van der Waals surface area contributed by atoms with Crippen LogP contribution in [0.1, 0.15) is 24.0 Å². The van der Waals surface area contributed by atoms with Crippen molar-refractivity contribution < 1.29 is 5.11 Å². The van der Waals surface area contributed by atoms with Crippen molar-refractivity contribution in [2.24, 2.45) is 5.41 Å². The molecule has 1 aliphatic carbocycles.